The number of halogens is 1. The van der Waals surface area contributed by atoms with E-state index in [2.05, 4.69) is 9.82 Å². The Morgan fingerprint density at radius 1 is 1.56 bits per heavy atom. The summed E-state index contributed by atoms with van der Waals surface area (Å²) in [4.78, 5) is 0. The second kappa shape index (κ2) is 5.65. The Hall–Kier alpha value is -0.590. The Morgan fingerprint density at radius 3 is 2.75 bits per heavy atom. The van der Waals surface area contributed by atoms with E-state index in [4.69, 9.17) is 11.6 Å². The zero-order valence-corrected chi connectivity index (χ0v) is 11.0. The van der Waals surface area contributed by atoms with Crippen LogP contribution in [0.2, 0.25) is 0 Å². The lowest BCUT2D eigenvalue weighted by Crippen LogP contribution is -2.26. The lowest BCUT2D eigenvalue weighted by molar-refractivity contribution is 0.580. The number of hydrogen-bond acceptors (Lipinski definition) is 3. The van der Waals surface area contributed by atoms with E-state index >= 15 is 0 Å². The molecule has 7 heteroatoms. The smallest absolute Gasteiger partial charge is 0.211 e. The number of sulfonamides is 1. The summed E-state index contributed by atoms with van der Waals surface area (Å²) in [5, 5.41) is 4.04. The molecular formula is C9H16ClN3O2S. The number of nitrogens with one attached hydrogen (secondary N) is 1. The maximum absolute atomic E-state index is 11.5. The van der Waals surface area contributed by atoms with E-state index in [1.807, 2.05) is 14.0 Å². The van der Waals surface area contributed by atoms with Crippen molar-refractivity contribution in [2.24, 2.45) is 7.05 Å². The highest BCUT2D eigenvalue weighted by molar-refractivity contribution is 7.89. The van der Waals surface area contributed by atoms with Crippen LogP contribution in [0.4, 0.5) is 0 Å². The van der Waals surface area contributed by atoms with Gasteiger partial charge in [-0.1, -0.05) is 0 Å². The summed E-state index contributed by atoms with van der Waals surface area (Å²) in [6.45, 7) is 2.18. The van der Waals surface area contributed by atoms with Crippen molar-refractivity contribution in [3.63, 3.8) is 0 Å². The van der Waals surface area contributed by atoms with Gasteiger partial charge in [-0.2, -0.15) is 5.10 Å². The minimum Gasteiger partial charge on any atom is -0.273 e. The first kappa shape index (κ1) is 13.5. The second-order valence-corrected chi connectivity index (χ2v) is 5.87. The molecule has 0 unspecified atom stereocenters. The van der Waals surface area contributed by atoms with Gasteiger partial charge in [0.05, 0.1) is 11.9 Å². The minimum atomic E-state index is -3.22. The third-order valence-electron chi connectivity index (χ3n) is 2.37. The highest BCUT2D eigenvalue weighted by Gasteiger charge is 2.11. The zero-order chi connectivity index (χ0) is 12.2. The Labute approximate surface area is 101 Å². The van der Waals surface area contributed by atoms with E-state index in [1.54, 1.807) is 10.9 Å². The van der Waals surface area contributed by atoms with Crippen molar-refractivity contribution in [1.82, 2.24) is 14.5 Å². The van der Waals surface area contributed by atoms with Gasteiger partial charge < -0.3 is 0 Å². The van der Waals surface area contributed by atoms with Crippen LogP contribution in [0.3, 0.4) is 0 Å². The molecular weight excluding hydrogens is 250 g/mol. The number of aryl methyl sites for hydroxylation is 1. The van der Waals surface area contributed by atoms with Crippen molar-refractivity contribution in [2.45, 2.75) is 19.9 Å². The van der Waals surface area contributed by atoms with E-state index in [1.165, 1.54) is 0 Å². The molecule has 0 aliphatic heterocycles. The van der Waals surface area contributed by atoms with Crippen molar-refractivity contribution in [3.8, 4) is 0 Å². The van der Waals surface area contributed by atoms with Crippen LogP contribution in [-0.2, 0) is 23.6 Å². The second-order valence-electron chi connectivity index (χ2n) is 3.56. The molecule has 92 valence electrons. The van der Waals surface area contributed by atoms with Crippen LogP contribution in [-0.4, -0.2) is 29.8 Å². The van der Waals surface area contributed by atoms with E-state index in [9.17, 15) is 8.42 Å². The fraction of sp³-hybridized carbons (Fsp3) is 0.667. The maximum atomic E-state index is 11.5. The summed E-state index contributed by atoms with van der Waals surface area (Å²) in [5.74, 6) is 0.419. The summed E-state index contributed by atoms with van der Waals surface area (Å²) < 4.78 is 27.2. The Bertz CT molecular complexity index is 442. The minimum absolute atomic E-state index is 0.0653. The summed E-state index contributed by atoms with van der Waals surface area (Å²) in [6.07, 6.45) is 2.13. The summed E-state index contributed by atoms with van der Waals surface area (Å²) in [5.41, 5.74) is 1.84. The first-order valence-corrected chi connectivity index (χ1v) is 7.15. The molecule has 1 aromatic rings. The molecule has 0 fully saturated rings. The standard InChI is InChI=1S/C9H16ClN3O2S/c1-8-9(6-11-13(8)2)7-12-16(14,15)5-3-4-10/h6,12H,3-5,7H2,1-2H3. The maximum Gasteiger partial charge on any atom is 0.211 e. The normalized spacial score (nSPS) is 11.9. The number of hydrogen-bond donors (Lipinski definition) is 1. The van der Waals surface area contributed by atoms with Gasteiger partial charge in [0.25, 0.3) is 0 Å². The van der Waals surface area contributed by atoms with Crippen molar-refractivity contribution in [2.75, 3.05) is 11.6 Å². The molecule has 0 aliphatic rings. The average molecular weight is 266 g/mol. The number of alkyl halides is 1. The van der Waals surface area contributed by atoms with Crippen LogP contribution >= 0.6 is 11.6 Å². The van der Waals surface area contributed by atoms with E-state index < -0.39 is 10.0 Å². The molecule has 1 aromatic heterocycles. The van der Waals surface area contributed by atoms with Gasteiger partial charge in [0.15, 0.2) is 0 Å². The van der Waals surface area contributed by atoms with Crippen LogP contribution in [0.5, 0.6) is 0 Å². The topological polar surface area (TPSA) is 64.0 Å². The fourth-order valence-electron chi connectivity index (χ4n) is 1.22. The Morgan fingerprint density at radius 2 is 2.25 bits per heavy atom. The monoisotopic (exact) mass is 265 g/mol. The van der Waals surface area contributed by atoms with Gasteiger partial charge in [-0.15, -0.1) is 11.6 Å². The van der Waals surface area contributed by atoms with Crippen molar-refractivity contribution in [1.29, 1.82) is 0 Å². The van der Waals surface area contributed by atoms with Crippen molar-refractivity contribution in [3.05, 3.63) is 17.5 Å². The van der Waals surface area contributed by atoms with E-state index in [-0.39, 0.29) is 12.3 Å². The number of rotatable bonds is 6. The molecule has 0 aliphatic carbocycles. The van der Waals surface area contributed by atoms with Crippen molar-refractivity contribution < 1.29 is 8.42 Å². The van der Waals surface area contributed by atoms with Crippen LogP contribution < -0.4 is 4.72 Å². The molecule has 0 bridgehead atoms. The molecule has 16 heavy (non-hydrogen) atoms. The molecule has 0 amide bonds. The summed E-state index contributed by atoms with van der Waals surface area (Å²) >= 11 is 5.45. The lowest BCUT2D eigenvalue weighted by atomic mass is 10.3. The molecule has 1 heterocycles. The Kier molecular flexibility index (Phi) is 4.76. The van der Waals surface area contributed by atoms with Gasteiger partial charge in [0, 0.05) is 30.7 Å². The van der Waals surface area contributed by atoms with Gasteiger partial charge in [-0.25, -0.2) is 13.1 Å². The van der Waals surface area contributed by atoms with Crippen LogP contribution in [0, 0.1) is 6.92 Å². The molecule has 5 nitrogen and oxygen atoms in total. The predicted octanol–water partition coefficient (Wildman–Crippen LogP) is 0.777. The molecule has 0 saturated heterocycles. The first-order chi connectivity index (χ1) is 7.46. The van der Waals surface area contributed by atoms with Gasteiger partial charge in [0.1, 0.15) is 0 Å². The zero-order valence-electron chi connectivity index (χ0n) is 9.40. The lowest BCUT2D eigenvalue weighted by Gasteiger charge is -2.05. The first-order valence-electron chi connectivity index (χ1n) is 4.97. The Balaban J connectivity index is 2.54. The highest BCUT2D eigenvalue weighted by atomic mass is 35.5. The summed E-state index contributed by atoms with van der Waals surface area (Å²) in [7, 11) is -1.40. The predicted molar refractivity (Wildman–Crippen MR) is 63.9 cm³/mol. The van der Waals surface area contributed by atoms with Gasteiger partial charge in [-0.05, 0) is 13.3 Å². The molecule has 1 N–H and O–H groups in total. The highest BCUT2D eigenvalue weighted by Crippen LogP contribution is 2.05. The molecule has 0 saturated carbocycles. The third kappa shape index (κ3) is 3.77. The molecule has 0 aromatic carbocycles. The number of nitrogens with zero attached hydrogens (tertiary/aromatic N) is 2. The van der Waals surface area contributed by atoms with Crippen LogP contribution in [0.1, 0.15) is 17.7 Å². The molecule has 0 spiro atoms. The largest absolute Gasteiger partial charge is 0.273 e. The quantitative estimate of drug-likeness (QED) is 0.773. The summed E-state index contributed by atoms with van der Waals surface area (Å²) in [6, 6.07) is 0. The third-order valence-corrected chi connectivity index (χ3v) is 4.04. The van der Waals surface area contributed by atoms with E-state index in [0.29, 0.717) is 12.3 Å². The average Bonchev–Trinajstić information content (AvgIpc) is 2.55. The fourth-order valence-corrected chi connectivity index (χ4v) is 2.56. The SMILES string of the molecule is Cc1c(CNS(=O)(=O)CCCCl)cnn1C. The van der Waals surface area contributed by atoms with E-state index in [0.717, 1.165) is 11.3 Å². The van der Waals surface area contributed by atoms with Gasteiger partial charge in [-0.3, -0.25) is 4.68 Å². The molecule has 0 atom stereocenters. The van der Waals surface area contributed by atoms with Gasteiger partial charge in [0.2, 0.25) is 10.0 Å². The van der Waals surface area contributed by atoms with Crippen molar-refractivity contribution >= 4 is 21.6 Å². The number of aromatic nitrogens is 2. The van der Waals surface area contributed by atoms with Crippen LogP contribution in [0.25, 0.3) is 0 Å². The molecule has 1 rings (SSSR count). The van der Waals surface area contributed by atoms with Gasteiger partial charge >= 0.3 is 0 Å². The van der Waals surface area contributed by atoms with Crippen LogP contribution in [0.15, 0.2) is 6.20 Å². The molecule has 0 radical (unpaired) electrons.